The van der Waals surface area contributed by atoms with Crippen LogP contribution in [0.15, 0.2) is 24.4 Å². The Hall–Kier alpha value is -1.19. The number of nitrogens with two attached hydrogens (primary N) is 1. The molecule has 1 heterocycles. The van der Waals surface area contributed by atoms with E-state index in [4.69, 9.17) is 10.5 Å². The Bertz CT molecular complexity index is 479. The highest BCUT2D eigenvalue weighted by molar-refractivity contribution is 5.85. The first-order valence-corrected chi connectivity index (χ1v) is 5.08. The number of methoxy groups -OCH3 is 1. The predicted octanol–water partition coefficient (Wildman–Crippen LogP) is 2.11. The van der Waals surface area contributed by atoms with Crippen molar-refractivity contribution >= 4 is 23.3 Å². The van der Waals surface area contributed by atoms with Gasteiger partial charge >= 0.3 is 0 Å². The Morgan fingerprint density at radius 1 is 1.38 bits per heavy atom. The van der Waals surface area contributed by atoms with Crippen LogP contribution in [0.4, 0.5) is 0 Å². The first kappa shape index (κ1) is 12.9. The maximum atomic E-state index is 5.59. The Balaban J connectivity index is 0.00000128. The second-order valence-corrected chi connectivity index (χ2v) is 3.69. The zero-order valence-electron chi connectivity index (χ0n) is 9.56. The zero-order valence-corrected chi connectivity index (χ0v) is 10.4. The fourth-order valence-corrected chi connectivity index (χ4v) is 1.93. The fourth-order valence-electron chi connectivity index (χ4n) is 1.93. The quantitative estimate of drug-likeness (QED) is 0.893. The molecule has 16 heavy (non-hydrogen) atoms. The number of hydrogen-bond donors (Lipinski definition) is 1. The molecule has 0 unspecified atom stereocenters. The standard InChI is InChI=1S/C12H16N2O.ClH/c1-14-8-9(5-6-13)11-7-10(15-2)3-4-12(11)14;/h3-4,7-8H,5-6,13H2,1-2H3;1H. The molecule has 0 radical (unpaired) electrons. The van der Waals surface area contributed by atoms with Gasteiger partial charge in [-0.3, -0.25) is 0 Å². The third kappa shape index (κ3) is 2.15. The van der Waals surface area contributed by atoms with Crippen molar-refractivity contribution in [3.05, 3.63) is 30.0 Å². The number of halogens is 1. The lowest BCUT2D eigenvalue weighted by Crippen LogP contribution is -2.01. The van der Waals surface area contributed by atoms with Gasteiger partial charge in [0, 0.05) is 24.1 Å². The van der Waals surface area contributed by atoms with Gasteiger partial charge in [-0.05, 0) is 36.7 Å². The molecule has 1 aromatic carbocycles. The van der Waals surface area contributed by atoms with Gasteiger partial charge in [-0.25, -0.2) is 0 Å². The summed E-state index contributed by atoms with van der Waals surface area (Å²) in [6.07, 6.45) is 3.04. The number of benzene rings is 1. The van der Waals surface area contributed by atoms with Gasteiger partial charge in [0.2, 0.25) is 0 Å². The van der Waals surface area contributed by atoms with Crippen molar-refractivity contribution in [3.63, 3.8) is 0 Å². The first-order valence-electron chi connectivity index (χ1n) is 5.08. The lowest BCUT2D eigenvalue weighted by atomic mass is 10.1. The molecule has 2 rings (SSSR count). The van der Waals surface area contributed by atoms with Gasteiger partial charge < -0.3 is 15.0 Å². The number of ether oxygens (including phenoxy) is 1. The number of hydrogen-bond acceptors (Lipinski definition) is 2. The van der Waals surface area contributed by atoms with E-state index in [1.807, 2.05) is 6.07 Å². The van der Waals surface area contributed by atoms with E-state index < -0.39 is 0 Å². The molecule has 2 N–H and O–H groups in total. The SMILES string of the molecule is COc1ccc2c(c1)c(CCN)cn2C.Cl. The minimum atomic E-state index is 0. The summed E-state index contributed by atoms with van der Waals surface area (Å²) in [6, 6.07) is 6.13. The summed E-state index contributed by atoms with van der Waals surface area (Å²) in [4.78, 5) is 0. The molecule has 88 valence electrons. The van der Waals surface area contributed by atoms with E-state index in [9.17, 15) is 0 Å². The monoisotopic (exact) mass is 240 g/mol. The van der Waals surface area contributed by atoms with Crippen LogP contribution in [0.2, 0.25) is 0 Å². The van der Waals surface area contributed by atoms with Crippen molar-refractivity contribution in [2.24, 2.45) is 12.8 Å². The molecule has 3 nitrogen and oxygen atoms in total. The number of nitrogens with zero attached hydrogens (tertiary/aromatic N) is 1. The molecule has 2 aromatic rings. The van der Waals surface area contributed by atoms with Crippen molar-refractivity contribution in [3.8, 4) is 5.75 Å². The van der Waals surface area contributed by atoms with Gasteiger partial charge in [0.05, 0.1) is 7.11 Å². The van der Waals surface area contributed by atoms with Crippen LogP contribution in [0.3, 0.4) is 0 Å². The molecule has 0 aliphatic rings. The predicted molar refractivity (Wildman–Crippen MR) is 69.5 cm³/mol. The molecule has 1 aromatic heterocycles. The van der Waals surface area contributed by atoms with Crippen LogP contribution in [0, 0.1) is 0 Å². The average molecular weight is 241 g/mol. The number of aromatic nitrogens is 1. The molecule has 0 bridgehead atoms. The summed E-state index contributed by atoms with van der Waals surface area (Å²) in [5, 5.41) is 1.24. The molecular weight excluding hydrogens is 224 g/mol. The Morgan fingerprint density at radius 2 is 2.12 bits per heavy atom. The van der Waals surface area contributed by atoms with E-state index in [2.05, 4.69) is 29.9 Å². The lowest BCUT2D eigenvalue weighted by molar-refractivity contribution is 0.415. The third-order valence-electron chi connectivity index (χ3n) is 2.69. The average Bonchev–Trinajstić information content (AvgIpc) is 2.56. The Labute approximate surface area is 102 Å². The summed E-state index contributed by atoms with van der Waals surface area (Å²) < 4.78 is 7.35. The second kappa shape index (κ2) is 5.23. The largest absolute Gasteiger partial charge is 0.497 e. The smallest absolute Gasteiger partial charge is 0.119 e. The molecule has 0 aliphatic carbocycles. The van der Waals surface area contributed by atoms with Crippen LogP contribution in [-0.4, -0.2) is 18.2 Å². The van der Waals surface area contributed by atoms with Crippen molar-refractivity contribution in [1.29, 1.82) is 0 Å². The Kier molecular flexibility index (Phi) is 4.21. The van der Waals surface area contributed by atoms with E-state index in [0.717, 1.165) is 12.2 Å². The molecule has 0 aliphatic heterocycles. The highest BCUT2D eigenvalue weighted by Crippen LogP contribution is 2.25. The molecule has 0 spiro atoms. The molecule has 0 fully saturated rings. The highest BCUT2D eigenvalue weighted by atomic mass is 35.5. The van der Waals surface area contributed by atoms with Crippen LogP contribution in [0.25, 0.3) is 10.9 Å². The number of fused-ring (bicyclic) bond motifs is 1. The summed E-state index contributed by atoms with van der Waals surface area (Å²) in [6.45, 7) is 0.677. The van der Waals surface area contributed by atoms with E-state index in [1.165, 1.54) is 16.5 Å². The normalized spacial score (nSPS) is 10.2. The fraction of sp³-hybridized carbons (Fsp3) is 0.333. The van der Waals surface area contributed by atoms with Crippen molar-refractivity contribution in [1.82, 2.24) is 4.57 Å². The van der Waals surface area contributed by atoms with Gasteiger partial charge in [-0.1, -0.05) is 0 Å². The van der Waals surface area contributed by atoms with Crippen molar-refractivity contribution in [2.75, 3.05) is 13.7 Å². The maximum Gasteiger partial charge on any atom is 0.119 e. The first-order chi connectivity index (χ1) is 7.26. The minimum absolute atomic E-state index is 0. The third-order valence-corrected chi connectivity index (χ3v) is 2.69. The number of rotatable bonds is 3. The van der Waals surface area contributed by atoms with Crippen LogP contribution < -0.4 is 10.5 Å². The topological polar surface area (TPSA) is 40.2 Å². The summed E-state index contributed by atoms with van der Waals surface area (Å²) in [5.74, 6) is 0.895. The van der Waals surface area contributed by atoms with Crippen LogP contribution >= 0.6 is 12.4 Å². The molecule has 0 atom stereocenters. The molecule has 4 heteroatoms. The summed E-state index contributed by atoms with van der Waals surface area (Å²) in [7, 11) is 3.74. The summed E-state index contributed by atoms with van der Waals surface area (Å²) >= 11 is 0. The van der Waals surface area contributed by atoms with Crippen LogP contribution in [-0.2, 0) is 13.5 Å². The van der Waals surface area contributed by atoms with E-state index >= 15 is 0 Å². The van der Waals surface area contributed by atoms with Gasteiger partial charge in [0.15, 0.2) is 0 Å². The van der Waals surface area contributed by atoms with E-state index in [0.29, 0.717) is 6.54 Å². The Morgan fingerprint density at radius 3 is 2.75 bits per heavy atom. The minimum Gasteiger partial charge on any atom is -0.497 e. The molecule has 0 amide bonds. The summed E-state index contributed by atoms with van der Waals surface area (Å²) in [5.41, 5.74) is 8.10. The molecule has 0 saturated heterocycles. The van der Waals surface area contributed by atoms with Crippen LogP contribution in [0.5, 0.6) is 5.75 Å². The maximum absolute atomic E-state index is 5.59. The van der Waals surface area contributed by atoms with Crippen LogP contribution in [0.1, 0.15) is 5.56 Å². The van der Waals surface area contributed by atoms with Crippen molar-refractivity contribution in [2.45, 2.75) is 6.42 Å². The van der Waals surface area contributed by atoms with Gasteiger partial charge in [-0.15, -0.1) is 12.4 Å². The van der Waals surface area contributed by atoms with Gasteiger partial charge in [0.25, 0.3) is 0 Å². The van der Waals surface area contributed by atoms with Gasteiger partial charge in [-0.2, -0.15) is 0 Å². The van der Waals surface area contributed by atoms with E-state index in [1.54, 1.807) is 7.11 Å². The van der Waals surface area contributed by atoms with Gasteiger partial charge in [0.1, 0.15) is 5.75 Å². The molecular formula is C12H17ClN2O. The molecule has 0 saturated carbocycles. The zero-order chi connectivity index (χ0) is 10.8. The second-order valence-electron chi connectivity index (χ2n) is 3.69. The highest BCUT2D eigenvalue weighted by Gasteiger charge is 2.06. The van der Waals surface area contributed by atoms with Crippen molar-refractivity contribution < 1.29 is 4.74 Å². The van der Waals surface area contributed by atoms with E-state index in [-0.39, 0.29) is 12.4 Å². The lowest BCUT2D eigenvalue weighted by Gasteiger charge is -2.01. The number of aryl methyl sites for hydroxylation is 1.